The van der Waals surface area contributed by atoms with E-state index in [1.165, 1.54) is 66.7 Å². The molecule has 0 spiro atoms. The van der Waals surface area contributed by atoms with E-state index >= 15 is 0 Å². The molecule has 0 amide bonds. The minimum Gasteiger partial charge on any atom is -0.508 e. The van der Waals surface area contributed by atoms with Crippen LogP contribution in [0.25, 0.3) is 0 Å². The van der Waals surface area contributed by atoms with Crippen LogP contribution in [0.15, 0.2) is 188 Å². The molecule has 0 aromatic heterocycles. The van der Waals surface area contributed by atoms with Gasteiger partial charge in [-0.15, -0.1) is 0 Å². The van der Waals surface area contributed by atoms with Crippen LogP contribution in [0, 0.1) is 0 Å². The number of aromatic hydroxyl groups is 18. The average Bonchev–Trinajstić information content (AvgIpc) is 0.840. The molecule has 117 heavy (non-hydrogen) atoms. The van der Waals surface area contributed by atoms with E-state index in [2.05, 4.69) is 0 Å². The highest BCUT2D eigenvalue weighted by molar-refractivity contribution is 7.85. The number of hydrogen-bond donors (Lipinski definition) is 29. The van der Waals surface area contributed by atoms with Crippen molar-refractivity contribution in [1.82, 2.24) is 0 Å². The Morgan fingerprint density at radius 3 is 1.03 bits per heavy atom. The minimum absolute atomic E-state index is 0.000869. The van der Waals surface area contributed by atoms with Gasteiger partial charge in [-0.3, -0.25) is 9.35 Å². The largest absolute Gasteiger partial charge is 0.508 e. The lowest BCUT2D eigenvalue weighted by Crippen LogP contribution is -2.12. The molecule has 0 saturated carbocycles. The Balaban J connectivity index is 0.000000651. The Hall–Kier alpha value is -15.9. The van der Waals surface area contributed by atoms with Crippen molar-refractivity contribution in [3.63, 3.8) is 0 Å². The molecule has 0 aliphatic carbocycles. The van der Waals surface area contributed by atoms with Crippen molar-refractivity contribution in [2.45, 2.75) is 19.6 Å². The summed E-state index contributed by atoms with van der Waals surface area (Å²) < 4.78 is 44.1. The number of para-hydroxylation sites is 1. The van der Waals surface area contributed by atoms with Gasteiger partial charge in [-0.05, 0) is 146 Å². The smallest absolute Gasteiger partial charge is 0.343 e. The first-order chi connectivity index (χ1) is 54.7. The third kappa shape index (κ3) is 39.5. The van der Waals surface area contributed by atoms with Gasteiger partial charge in [0.15, 0.2) is 28.7 Å². The van der Waals surface area contributed by atoms with Gasteiger partial charge >= 0.3 is 41.8 Å². The number of carboxylic acids is 7. The first kappa shape index (κ1) is 99.1. The minimum atomic E-state index is -3.98. The highest BCUT2D eigenvalue weighted by atomic mass is 32.2. The second-order valence-electron chi connectivity index (χ2n) is 21.8. The molecule has 0 radical (unpaired) electrons. The highest BCUT2D eigenvalue weighted by Crippen LogP contribution is 2.36. The molecule has 0 aliphatic rings. The summed E-state index contributed by atoms with van der Waals surface area (Å²) >= 11 is 0. The third-order valence-electron chi connectivity index (χ3n) is 13.0. The summed E-state index contributed by atoms with van der Waals surface area (Å²) in [4.78, 5) is 71.9. The van der Waals surface area contributed by atoms with E-state index in [0.717, 1.165) is 78.9 Å². The van der Waals surface area contributed by atoms with E-state index in [-0.39, 0.29) is 131 Å². The Morgan fingerprint density at radius 2 is 0.658 bits per heavy atom. The van der Waals surface area contributed by atoms with Crippen LogP contribution >= 0.6 is 0 Å². The van der Waals surface area contributed by atoms with Crippen LogP contribution in [-0.2, 0) is 28.1 Å². The predicted molar refractivity (Wildman–Crippen MR) is 400 cm³/mol. The van der Waals surface area contributed by atoms with Crippen LogP contribution in [-0.4, -0.2) is 230 Å². The third-order valence-corrected chi connectivity index (χ3v) is 13.7. The summed E-state index contributed by atoms with van der Waals surface area (Å²) in [6, 6.07) is 39.7. The molecule has 41 nitrogen and oxygen atoms in total. The highest BCUT2D eigenvalue weighted by Gasteiger charge is 2.17. The van der Waals surface area contributed by atoms with Crippen molar-refractivity contribution in [1.29, 1.82) is 0 Å². The summed E-state index contributed by atoms with van der Waals surface area (Å²) in [6.45, 7) is -0.116. The van der Waals surface area contributed by atoms with Crippen molar-refractivity contribution in [2.75, 3.05) is 32.2 Å². The van der Waals surface area contributed by atoms with E-state index in [1.807, 2.05) is 0 Å². The monoisotopic (exact) mass is 1660 g/mol. The Bertz CT molecular complexity index is 4930. The number of phenolic OH excluding ortho intramolecular Hbond substituents is 13. The molecule has 0 atom stereocenters. The fraction of sp³-hybridized carbons (Fsp3) is 0.107. The Kier molecular flexibility index (Phi) is 42.4. The van der Waals surface area contributed by atoms with Gasteiger partial charge in [0, 0.05) is 35.4 Å². The van der Waals surface area contributed by atoms with Gasteiger partial charge < -0.3 is 157 Å². The number of carboxylic acid groups (broad SMARTS) is 7. The number of hydrogen-bond acceptors (Lipinski definition) is 33. The number of aliphatic hydroxyl groups is 3. The van der Waals surface area contributed by atoms with E-state index in [0.29, 0.717) is 28.4 Å². The Labute approximate surface area is 658 Å². The van der Waals surface area contributed by atoms with E-state index in [4.69, 9.17) is 157 Å². The summed E-state index contributed by atoms with van der Waals surface area (Å²) in [7, 11) is -3.98. The van der Waals surface area contributed by atoms with Crippen LogP contribution in [0.5, 0.6) is 121 Å². The summed E-state index contributed by atoms with van der Waals surface area (Å²) in [5.74, 6) is -13.0. The lowest BCUT2D eigenvalue weighted by Gasteiger charge is -2.04. The molecular formula is C75H76O41S. The van der Waals surface area contributed by atoms with E-state index in [9.17, 15) is 47.1 Å². The molecule has 10 aromatic carbocycles. The molecular weight excluding hydrogens is 1590 g/mol. The summed E-state index contributed by atoms with van der Waals surface area (Å²) in [6.07, 6.45) is -0.0269. The quantitative estimate of drug-likeness (QED) is 0.0215. The molecule has 0 fully saturated rings. The number of aromatic carboxylic acids is 6. The normalized spacial score (nSPS) is 9.78. The second-order valence-corrected chi connectivity index (χ2v) is 23.4. The number of aliphatic carboxylic acids is 1. The first-order valence-electron chi connectivity index (χ1n) is 31.8. The molecule has 42 heteroatoms. The number of phenols is 18. The van der Waals surface area contributed by atoms with Gasteiger partial charge in [-0.25, -0.2) is 28.8 Å². The molecule has 29 N–H and O–H groups in total. The van der Waals surface area contributed by atoms with Gasteiger partial charge in [-0.2, -0.15) is 8.42 Å². The van der Waals surface area contributed by atoms with Crippen LogP contribution in [0.2, 0.25) is 0 Å². The maximum atomic E-state index is 10.4. The second kappa shape index (κ2) is 50.1. The fourth-order valence-electron chi connectivity index (χ4n) is 7.53. The van der Waals surface area contributed by atoms with Crippen LogP contribution in [0.1, 0.15) is 79.7 Å². The van der Waals surface area contributed by atoms with E-state index < -0.39 is 109 Å². The lowest BCUT2D eigenvalue weighted by atomic mass is 10.1. The maximum absolute atomic E-state index is 10.4. The summed E-state index contributed by atoms with van der Waals surface area (Å²) in [5, 5.41) is 244. The van der Waals surface area contributed by atoms with Crippen LogP contribution < -0.4 is 14.2 Å². The number of benzene rings is 10. The zero-order chi connectivity index (χ0) is 89.0. The number of ether oxygens (including phenoxy) is 3. The lowest BCUT2D eigenvalue weighted by molar-refractivity contribution is -0.137. The number of carbonyl (C=O) groups is 7. The molecule has 0 heterocycles. The fourth-order valence-corrected chi connectivity index (χ4v) is 7.82. The zero-order valence-electron chi connectivity index (χ0n) is 59.8. The van der Waals surface area contributed by atoms with Gasteiger partial charge in [-0.1, -0.05) is 18.2 Å². The van der Waals surface area contributed by atoms with Crippen LogP contribution in [0.3, 0.4) is 0 Å². The van der Waals surface area contributed by atoms with E-state index in [1.54, 1.807) is 42.5 Å². The average molecular weight is 1670 g/mol. The van der Waals surface area contributed by atoms with Crippen molar-refractivity contribution in [3.05, 3.63) is 233 Å². The van der Waals surface area contributed by atoms with Gasteiger partial charge in [0.1, 0.15) is 128 Å². The van der Waals surface area contributed by atoms with Crippen molar-refractivity contribution in [2.24, 2.45) is 0 Å². The maximum Gasteiger partial charge on any atom is 0.343 e. The zero-order valence-corrected chi connectivity index (χ0v) is 60.6. The van der Waals surface area contributed by atoms with Crippen LogP contribution in [0.4, 0.5) is 0 Å². The number of aliphatic hydroxyl groups excluding tert-OH is 3. The van der Waals surface area contributed by atoms with Crippen molar-refractivity contribution < 1.29 is 204 Å². The standard InChI is InChI=1S/C9H10O4.C8H10O5S.2C8H10O3.2C7H6O5.4C7H6O4/c10-7-1-3-8(4-2-7)13-6-5-9(11)12;9-7-1-3-8(4-2-7)13-5-6-14(10,11)12;9-5-6-11-8-3-1-7(10)2-4-8;9-4-6-2-1-3-7(5-10)8(6)11;8-3-1-4(9)6(7(11)12)5(10)2-3;8-4-1-3(7(11)12)2-5(9)6(4)10;8-5-1-4(7(10)11)2-6(9)3-5;8-4-1-2-6(9)5(3-4)7(10)11;8-4-1-2-5(7(10)11)6(9)3-4;8-5-2-1-4(7(10)11)3-6(5)9/h1-4,10H,5-6H2,(H,11,12);1-4,9H,5-6H2,(H,10,11,12);1-4,9-10H,5-6H2;1-3,9-11H,4-5H2;2*1-2,8-10H,(H,11,12);4*1-3,8-9H,(H,10,11). The summed E-state index contributed by atoms with van der Waals surface area (Å²) in [5.41, 5.74) is -0.737. The van der Waals surface area contributed by atoms with Crippen molar-refractivity contribution in [3.8, 4) is 121 Å². The molecule has 0 saturated heterocycles. The van der Waals surface area contributed by atoms with Gasteiger partial charge in [0.05, 0.1) is 49.5 Å². The topological polar surface area (TPSA) is 768 Å². The Morgan fingerprint density at radius 1 is 0.291 bits per heavy atom. The SMILES string of the molecule is O=C(O)CCOc1ccc(O)cc1.O=C(O)c1c(O)cc(O)cc1O.O=C(O)c1cc(O)c(O)c(O)c1.O=C(O)c1cc(O)cc(O)c1.O=C(O)c1cc(O)ccc1O.O=C(O)c1ccc(O)c(O)c1.O=C(O)c1ccc(O)cc1O.O=S(=O)(O)CCOc1ccc(O)cc1.OCCOc1ccc(O)cc1.OCc1cccc(CO)c1O. The van der Waals surface area contributed by atoms with Crippen molar-refractivity contribution >= 4 is 51.9 Å². The first-order valence-corrected chi connectivity index (χ1v) is 33.4. The molecule has 0 unspecified atom stereocenters. The molecule has 0 bridgehead atoms. The predicted octanol–water partition coefficient (Wildman–Crippen LogP) is 7.23. The molecule has 10 aromatic rings. The van der Waals surface area contributed by atoms with Gasteiger partial charge in [0.25, 0.3) is 10.1 Å². The molecule has 0 aliphatic heterocycles. The number of rotatable bonds is 19. The molecule has 628 valence electrons. The molecule has 10 rings (SSSR count). The van der Waals surface area contributed by atoms with Gasteiger partial charge in [0.2, 0.25) is 0 Å².